The third-order valence-corrected chi connectivity index (χ3v) is 25.0. The summed E-state index contributed by atoms with van der Waals surface area (Å²) in [5.74, 6) is -19.1. The van der Waals surface area contributed by atoms with Crippen LogP contribution >= 0.6 is 11.8 Å². The molecule has 0 spiro atoms. The van der Waals surface area contributed by atoms with Gasteiger partial charge in [0.1, 0.15) is 90.3 Å². The van der Waals surface area contributed by atoms with Crippen LogP contribution in [0, 0.1) is 0 Å². The van der Waals surface area contributed by atoms with Gasteiger partial charge < -0.3 is 131 Å². The van der Waals surface area contributed by atoms with Crippen molar-refractivity contribution in [2.45, 2.75) is 227 Å². The van der Waals surface area contributed by atoms with Crippen molar-refractivity contribution in [2.75, 3.05) is 65.4 Å². The molecule has 6 aromatic rings. The van der Waals surface area contributed by atoms with E-state index < -0.39 is 254 Å². The topological polar surface area (TPSA) is 669 Å². The summed E-state index contributed by atoms with van der Waals surface area (Å²) in [5, 5.41) is 59.4. The first kappa shape index (κ1) is 104. The SMILES string of the molecule is CCCC[C@H]1C(=O)N(C)[C@@H](CCCC)C(=O)N[C@@H](CCN)C(=O)N[C@H](C(=O)NCC(N)=O)CSCC(=O)NC(Cc2ccc(O)cc2)C(=O)N(C)[C@@H](C)C(=O)N[C@@H](CC(=O)O)C(=O)N2CCC[C@H]2C(=O)N[C@@H](Cc2cnc[nH]2)C(=O)N[C@@H](CCC(N)=O)C(=O)N2C[C@H](O)C[C@H]2C(=O)N[C@@H](Cc2c[nH]c3ccccc23)C(=O)N[C@@H](CCN)C(=O)N[C@@H](Cc2c[nH]c3ccccc23)C(=O)N1C. The molecule has 0 radical (unpaired) electrons. The van der Waals surface area contributed by atoms with Gasteiger partial charge in [-0.15, -0.1) is 11.8 Å². The van der Waals surface area contributed by atoms with Gasteiger partial charge in [0.05, 0.1) is 31.1 Å². The number of aliphatic hydroxyl groups excluding tert-OH is 1. The molecule has 3 aliphatic rings. The Hall–Kier alpha value is -13.6. The predicted molar refractivity (Wildman–Crippen MR) is 488 cm³/mol. The molecule has 1 unspecified atom stereocenters. The number of unbranched alkanes of at least 4 members (excludes halogenated alkanes) is 2. The van der Waals surface area contributed by atoms with E-state index in [-0.39, 0.29) is 88.9 Å². The fourth-order valence-corrected chi connectivity index (χ4v) is 17.3. The fraction of sp³-hybridized carbons (Fsp3) is 0.517. The Labute approximate surface area is 776 Å². The molecular formula is C89H123N23O21S. The van der Waals surface area contributed by atoms with Crippen LogP contribution in [0.15, 0.2) is 97.7 Å². The minimum Gasteiger partial charge on any atom is -0.508 e. The Morgan fingerprint density at radius 3 is 1.62 bits per heavy atom. The second kappa shape index (κ2) is 49.8. The number of phenols is 1. The number of benzene rings is 3. The van der Waals surface area contributed by atoms with Crippen LogP contribution in [0.2, 0.25) is 0 Å². The van der Waals surface area contributed by atoms with E-state index in [4.69, 9.17) is 22.9 Å². The normalized spacial score (nSPS) is 24.8. The molecule has 15 atom stereocenters. The van der Waals surface area contributed by atoms with Crippen molar-refractivity contribution in [3.63, 3.8) is 0 Å². The van der Waals surface area contributed by atoms with Crippen LogP contribution in [-0.4, -0.2) is 322 Å². The summed E-state index contributed by atoms with van der Waals surface area (Å²) < 4.78 is 0. The van der Waals surface area contributed by atoms with Crippen LogP contribution in [0.4, 0.5) is 0 Å². The molecule has 3 aromatic heterocycles. The lowest BCUT2D eigenvalue weighted by molar-refractivity contribution is -0.149. The number of thioether (sulfide) groups is 1. The average molecular weight is 1880 g/mol. The Kier molecular flexibility index (Phi) is 38.7. The highest BCUT2D eigenvalue weighted by molar-refractivity contribution is 8.00. The van der Waals surface area contributed by atoms with Crippen LogP contribution < -0.4 is 76.1 Å². The number of amides is 17. The zero-order valence-corrected chi connectivity index (χ0v) is 76.5. The summed E-state index contributed by atoms with van der Waals surface area (Å²) in [4.78, 5) is 281. The van der Waals surface area contributed by atoms with Crippen molar-refractivity contribution in [3.05, 3.63) is 120 Å². The maximum atomic E-state index is 15.8. The lowest BCUT2D eigenvalue weighted by Gasteiger charge is -2.36. The molecule has 3 aliphatic heterocycles. The van der Waals surface area contributed by atoms with E-state index in [1.165, 1.54) is 69.8 Å². The third-order valence-electron chi connectivity index (χ3n) is 24.0. The summed E-state index contributed by atoms with van der Waals surface area (Å²) in [7, 11) is 3.90. The van der Waals surface area contributed by atoms with Crippen LogP contribution in [0.3, 0.4) is 0 Å². The molecule has 3 aromatic carbocycles. The quantitative estimate of drug-likeness (QED) is 0.0249. The molecule has 44 nitrogen and oxygen atoms in total. The van der Waals surface area contributed by atoms with Gasteiger partial charge in [0.25, 0.3) is 0 Å². The minimum absolute atomic E-state index is 0.000187. The molecule has 726 valence electrons. The number of aromatic nitrogens is 4. The number of primary amides is 2. The maximum absolute atomic E-state index is 15.8. The number of phenolic OH excluding ortho intramolecular Hbond substituents is 1. The number of carboxylic acids is 1. The molecule has 24 N–H and O–H groups in total. The highest BCUT2D eigenvalue weighted by Gasteiger charge is 2.47. The van der Waals surface area contributed by atoms with Gasteiger partial charge in [-0.05, 0) is 106 Å². The molecule has 3 fully saturated rings. The molecule has 17 amide bonds. The number of carbonyl (C=O) groups is 18. The van der Waals surface area contributed by atoms with E-state index in [1.807, 2.05) is 13.8 Å². The van der Waals surface area contributed by atoms with Crippen molar-refractivity contribution in [1.29, 1.82) is 0 Å². The van der Waals surface area contributed by atoms with E-state index in [0.717, 1.165) is 31.4 Å². The number of nitrogens with one attached hydrogen (secondary N) is 13. The fourth-order valence-electron chi connectivity index (χ4n) is 16.5. The molecule has 0 aliphatic carbocycles. The number of nitrogens with zero attached hydrogens (tertiary/aromatic N) is 6. The Bertz CT molecular complexity index is 5190. The summed E-state index contributed by atoms with van der Waals surface area (Å²) in [6.45, 7) is 2.95. The Morgan fingerprint density at radius 1 is 0.522 bits per heavy atom. The van der Waals surface area contributed by atoms with Gasteiger partial charge in [-0.3, -0.25) is 86.3 Å². The zero-order chi connectivity index (χ0) is 97.7. The van der Waals surface area contributed by atoms with Gasteiger partial charge in [0.15, 0.2) is 0 Å². The third kappa shape index (κ3) is 28.5. The number of H-pyrrole nitrogens is 3. The predicted octanol–water partition coefficient (Wildman–Crippen LogP) is -3.67. The second-order valence-corrected chi connectivity index (χ2v) is 34.8. The summed E-state index contributed by atoms with van der Waals surface area (Å²) in [6, 6.07) is -2.62. The van der Waals surface area contributed by atoms with Gasteiger partial charge in [-0.2, -0.15) is 0 Å². The number of imidazole rings is 1. The van der Waals surface area contributed by atoms with Crippen molar-refractivity contribution in [2.24, 2.45) is 22.9 Å². The first-order chi connectivity index (χ1) is 63.9. The summed E-state index contributed by atoms with van der Waals surface area (Å²) >= 11 is 0.755. The lowest BCUT2D eigenvalue weighted by atomic mass is 9.99. The molecular weight excluding hydrogens is 1760 g/mol. The number of carboxylic acid groups (broad SMARTS) is 1. The number of fused-ring (bicyclic) bond motifs is 4. The number of aromatic amines is 3. The maximum Gasteiger partial charge on any atom is 0.305 e. The van der Waals surface area contributed by atoms with Crippen molar-refractivity contribution < 1.29 is 102 Å². The van der Waals surface area contributed by atoms with E-state index in [9.17, 15) is 63.3 Å². The second-order valence-electron chi connectivity index (χ2n) is 33.8. The molecule has 3 saturated heterocycles. The molecule has 0 bridgehead atoms. The number of nitrogens with two attached hydrogens (primary N) is 4. The largest absolute Gasteiger partial charge is 0.508 e. The number of para-hydroxylation sites is 2. The highest BCUT2D eigenvalue weighted by Crippen LogP contribution is 2.28. The smallest absolute Gasteiger partial charge is 0.305 e. The van der Waals surface area contributed by atoms with Crippen molar-refractivity contribution in [3.8, 4) is 5.75 Å². The number of hydrogen-bond acceptors (Lipinski definition) is 24. The van der Waals surface area contributed by atoms with Gasteiger partial charge in [-0.25, -0.2) is 4.98 Å². The molecule has 9 rings (SSSR count). The first-order valence-corrected chi connectivity index (χ1v) is 45.8. The number of hydrogen-bond donors (Lipinski definition) is 20. The van der Waals surface area contributed by atoms with Gasteiger partial charge in [0.2, 0.25) is 100 Å². The van der Waals surface area contributed by atoms with Crippen molar-refractivity contribution in [1.82, 2.24) is 97.6 Å². The summed E-state index contributed by atoms with van der Waals surface area (Å²) in [6.07, 6.45) is 1.71. The Morgan fingerprint density at radius 2 is 1.04 bits per heavy atom. The van der Waals surface area contributed by atoms with Gasteiger partial charge in [0, 0.05) is 125 Å². The van der Waals surface area contributed by atoms with Crippen LogP contribution in [0.1, 0.15) is 133 Å². The number of likely N-dealkylation sites (N-methyl/N-ethyl adjacent to an activating group) is 3. The average Bonchev–Trinajstić information content (AvgIpc) is 1.13. The van der Waals surface area contributed by atoms with Crippen LogP contribution in [-0.2, 0) is 112 Å². The number of aromatic hydroxyl groups is 1. The standard InChI is InChI=1S/C89H123N23O21S/c1-7-9-20-68-82(126)101-60(30-32-91)79(123)107-67(77(121)97-43-73(93)116)45-134-46-74(117)99-64(34-49-23-25-53(113)26-24-49)85(129)108(4)48(3)76(120)105-66(39-75(118)119)88(132)111-33-15-22-69(111)83(127)104-63(37-52-42-94-47-98-52)81(125)102-61(27-28-72(92)115)87(131)112-44-54(114)38-71(112)84(128)103-62(35-50-40-95-57-18-13-11-16-55(50)57)80(124)100-59(29-31-90)78(122)106-65(36-51-41-96-58-19-14-12-17-56(51)58)86(130)110(6)70(21-10-8-2)89(133)109(68)5/h11-14,16-19,23-26,40-42,47-48,54,59-71,95-96,113-114H,7-10,15,20-22,27-39,43-46,90-91H2,1-6H3,(H2,92,115)(H2,93,116)(H,94,98)(H,97,121)(H,99,117)(H,100,124)(H,101,126)(H,102,125)(H,103,128)(H,104,127)(H,105,120)(H,106,122)(H,107,123)(H,118,119)/t48-,54+,59-,60-,61-,62-,63-,64?,65-,66-,67-,68-,69-,70-,71-/m0/s1. The highest BCUT2D eigenvalue weighted by atomic mass is 32.2. The minimum atomic E-state index is -1.93. The monoisotopic (exact) mass is 1880 g/mol. The van der Waals surface area contributed by atoms with E-state index in [2.05, 4.69) is 73.1 Å². The van der Waals surface area contributed by atoms with E-state index >= 15 is 38.4 Å². The lowest BCUT2D eigenvalue weighted by Crippen LogP contribution is -2.61. The van der Waals surface area contributed by atoms with E-state index in [1.54, 1.807) is 60.9 Å². The number of aliphatic carboxylic acids is 1. The van der Waals surface area contributed by atoms with Crippen LogP contribution in [0.5, 0.6) is 5.75 Å². The number of rotatable bonds is 26. The zero-order valence-electron chi connectivity index (χ0n) is 75.7. The summed E-state index contributed by atoms with van der Waals surface area (Å²) in [5.41, 5.74) is 26.3. The van der Waals surface area contributed by atoms with Crippen LogP contribution in [0.25, 0.3) is 21.8 Å². The molecule has 45 heteroatoms. The molecule has 134 heavy (non-hydrogen) atoms. The Balaban J connectivity index is 1.10. The molecule has 6 heterocycles. The first-order valence-electron chi connectivity index (χ1n) is 44.6. The number of aliphatic hydroxyl groups is 1. The molecule has 0 saturated carbocycles. The van der Waals surface area contributed by atoms with Gasteiger partial charge >= 0.3 is 5.97 Å². The number of carbonyl (C=O) groups excluding carboxylic acids is 17. The van der Waals surface area contributed by atoms with E-state index in [0.29, 0.717) is 64.2 Å². The van der Waals surface area contributed by atoms with Crippen molar-refractivity contribution >= 4 is 140 Å². The van der Waals surface area contributed by atoms with Gasteiger partial charge in [-0.1, -0.05) is 88.1 Å².